The summed E-state index contributed by atoms with van der Waals surface area (Å²) < 4.78 is 1.87. The van der Waals surface area contributed by atoms with Crippen LogP contribution in [0.2, 0.25) is 0 Å². The van der Waals surface area contributed by atoms with E-state index < -0.39 is 0 Å². The number of nitrogens with zero attached hydrogens (tertiary/aromatic N) is 7. The van der Waals surface area contributed by atoms with Crippen molar-refractivity contribution in [2.45, 2.75) is 50.7 Å². The van der Waals surface area contributed by atoms with E-state index in [1.807, 2.05) is 29.8 Å². The summed E-state index contributed by atoms with van der Waals surface area (Å²) in [4.78, 5) is 21.8. The van der Waals surface area contributed by atoms with Gasteiger partial charge in [0.05, 0.1) is 17.5 Å². The van der Waals surface area contributed by atoms with Gasteiger partial charge in [0.25, 0.3) is 0 Å². The summed E-state index contributed by atoms with van der Waals surface area (Å²) in [5.41, 5.74) is 3.64. The second kappa shape index (κ2) is 6.97. The average molecular weight is 431 g/mol. The molecule has 4 aromatic heterocycles. The van der Waals surface area contributed by atoms with E-state index in [1.165, 1.54) is 25.7 Å². The van der Waals surface area contributed by atoms with Crippen LogP contribution in [0, 0.1) is 18.3 Å². The number of piperidine rings is 1. The Balaban J connectivity index is 1.35. The molecule has 31 heavy (non-hydrogen) atoms. The number of nitriles is 1. The predicted molar refractivity (Wildman–Crippen MR) is 120 cm³/mol. The number of pyridine rings is 1. The van der Waals surface area contributed by atoms with Gasteiger partial charge in [-0.1, -0.05) is 11.3 Å². The van der Waals surface area contributed by atoms with E-state index in [0.29, 0.717) is 35.2 Å². The Morgan fingerprint density at radius 3 is 2.77 bits per heavy atom. The van der Waals surface area contributed by atoms with E-state index in [4.69, 9.17) is 9.97 Å². The van der Waals surface area contributed by atoms with Crippen LogP contribution in [0.25, 0.3) is 27.4 Å². The summed E-state index contributed by atoms with van der Waals surface area (Å²) in [5, 5.41) is 14.3. The molecule has 2 saturated heterocycles. The van der Waals surface area contributed by atoms with Gasteiger partial charge in [0.2, 0.25) is 0 Å². The normalized spacial score (nSPS) is 22.8. The molecule has 6 rings (SSSR count). The highest BCUT2D eigenvalue weighted by atomic mass is 32.1. The van der Waals surface area contributed by atoms with Gasteiger partial charge in [0, 0.05) is 43.1 Å². The summed E-state index contributed by atoms with van der Waals surface area (Å²) in [6, 6.07) is 5.84. The van der Waals surface area contributed by atoms with E-state index in [1.54, 1.807) is 17.5 Å². The first-order chi connectivity index (χ1) is 15.1. The fourth-order valence-corrected chi connectivity index (χ4v) is 5.88. The molecule has 2 unspecified atom stereocenters. The second-order valence-corrected chi connectivity index (χ2v) is 9.58. The fourth-order valence-electron chi connectivity index (χ4n) is 4.94. The molecule has 4 aromatic rings. The van der Waals surface area contributed by atoms with Gasteiger partial charge in [-0.05, 0) is 38.7 Å². The van der Waals surface area contributed by atoms with Crippen molar-refractivity contribution in [2.75, 3.05) is 11.9 Å². The number of aromatic nitrogens is 5. The zero-order valence-corrected chi connectivity index (χ0v) is 18.2. The van der Waals surface area contributed by atoms with Gasteiger partial charge in [-0.2, -0.15) is 5.26 Å². The number of anilines is 1. The summed E-state index contributed by atoms with van der Waals surface area (Å²) in [6.45, 7) is 1.92. The summed E-state index contributed by atoms with van der Waals surface area (Å²) in [6.07, 6.45) is 10.5. The molecular weight excluding hydrogens is 408 g/mol. The second-order valence-electron chi connectivity index (χ2n) is 8.62. The minimum Gasteiger partial charge on any atom is -0.348 e. The summed E-state index contributed by atoms with van der Waals surface area (Å²) in [5.74, 6) is 0.593. The predicted octanol–water partition coefficient (Wildman–Crippen LogP) is 3.30. The molecule has 2 bridgehead atoms. The van der Waals surface area contributed by atoms with Gasteiger partial charge in [-0.3, -0.25) is 0 Å². The molecule has 9 heteroatoms. The molecule has 0 radical (unpaired) electrons. The smallest absolute Gasteiger partial charge is 0.187 e. The Labute approximate surface area is 183 Å². The minimum atomic E-state index is 0.511. The molecule has 0 aliphatic carbocycles. The van der Waals surface area contributed by atoms with Crippen LogP contribution in [0.1, 0.15) is 36.9 Å². The highest BCUT2D eigenvalue weighted by Gasteiger charge is 2.35. The number of nitrogens with one attached hydrogen (secondary N) is 1. The molecule has 2 aliphatic rings. The van der Waals surface area contributed by atoms with E-state index in [9.17, 15) is 5.26 Å². The lowest BCUT2D eigenvalue weighted by Crippen LogP contribution is -2.47. The average Bonchev–Trinajstić information content (AvgIpc) is 3.46. The first kappa shape index (κ1) is 18.7. The third kappa shape index (κ3) is 3.14. The first-order valence-electron chi connectivity index (χ1n) is 10.6. The number of fused-ring (bicyclic) bond motifs is 4. The third-order valence-electron chi connectivity index (χ3n) is 6.49. The van der Waals surface area contributed by atoms with Crippen molar-refractivity contribution in [1.29, 1.82) is 5.26 Å². The number of thiazole rings is 1. The Kier molecular flexibility index (Phi) is 4.20. The molecule has 2 atom stereocenters. The molecule has 8 nitrogen and oxygen atoms in total. The van der Waals surface area contributed by atoms with Crippen molar-refractivity contribution < 1.29 is 0 Å². The van der Waals surface area contributed by atoms with Crippen LogP contribution in [0.3, 0.4) is 0 Å². The van der Waals surface area contributed by atoms with E-state index >= 15 is 0 Å². The monoisotopic (exact) mass is 430 g/mol. The van der Waals surface area contributed by atoms with Crippen LogP contribution in [0.15, 0.2) is 24.7 Å². The zero-order chi connectivity index (χ0) is 21.1. The van der Waals surface area contributed by atoms with Gasteiger partial charge in [0.1, 0.15) is 16.4 Å². The van der Waals surface area contributed by atoms with Crippen molar-refractivity contribution in [3.63, 3.8) is 0 Å². The maximum absolute atomic E-state index is 9.56. The molecular formula is C22H22N8S. The lowest BCUT2D eigenvalue weighted by molar-refractivity contribution is 0.354. The largest absolute Gasteiger partial charge is 0.348 e. The Bertz CT molecular complexity index is 1340. The van der Waals surface area contributed by atoms with Crippen LogP contribution >= 0.6 is 11.3 Å². The van der Waals surface area contributed by atoms with E-state index in [-0.39, 0.29) is 0 Å². The number of hydrogen-bond donors (Lipinski definition) is 1. The molecule has 2 fully saturated rings. The van der Waals surface area contributed by atoms with Crippen LogP contribution in [-0.4, -0.2) is 49.5 Å². The lowest BCUT2D eigenvalue weighted by Gasteiger charge is -2.35. The zero-order valence-electron chi connectivity index (χ0n) is 17.4. The van der Waals surface area contributed by atoms with Crippen molar-refractivity contribution in [3.05, 3.63) is 35.9 Å². The topological polar surface area (TPSA) is 95.0 Å². The number of hydrogen-bond acceptors (Lipinski definition) is 8. The Hall–Kier alpha value is -3.09. The van der Waals surface area contributed by atoms with Crippen molar-refractivity contribution >= 4 is 32.5 Å². The van der Waals surface area contributed by atoms with Gasteiger partial charge in [0.15, 0.2) is 16.6 Å². The Morgan fingerprint density at radius 1 is 1.19 bits per heavy atom. The molecule has 0 amide bonds. The molecule has 1 N–H and O–H groups in total. The highest BCUT2D eigenvalue weighted by Crippen LogP contribution is 2.35. The van der Waals surface area contributed by atoms with E-state index in [2.05, 4.69) is 33.3 Å². The number of rotatable bonds is 3. The standard InChI is InChI=1S/C22H22N8S/c1-12-10-30-11-14(5-13(8-23)20(30)25-12)19-24-9-18-21(28-19)31-22(27-18)29(2)17-6-15-3-4-16(7-17)26-15/h5,9-11,15-17,26H,3-4,6-7H2,1-2H3. The first-order valence-corrected chi connectivity index (χ1v) is 11.4. The minimum absolute atomic E-state index is 0.511. The highest BCUT2D eigenvalue weighted by molar-refractivity contribution is 7.21. The molecule has 0 saturated carbocycles. The molecule has 6 heterocycles. The van der Waals surface area contributed by atoms with Crippen LogP contribution in [0.4, 0.5) is 5.13 Å². The lowest BCUT2D eigenvalue weighted by atomic mass is 9.99. The maximum Gasteiger partial charge on any atom is 0.187 e. The van der Waals surface area contributed by atoms with Crippen LogP contribution in [-0.2, 0) is 0 Å². The molecule has 0 spiro atoms. The van der Waals surface area contributed by atoms with Crippen molar-refractivity contribution in [2.24, 2.45) is 0 Å². The maximum atomic E-state index is 9.56. The number of imidazole rings is 1. The van der Waals surface area contributed by atoms with Crippen molar-refractivity contribution in [1.82, 2.24) is 29.7 Å². The van der Waals surface area contributed by atoms with Crippen molar-refractivity contribution in [3.8, 4) is 17.5 Å². The molecule has 2 aliphatic heterocycles. The number of aryl methyl sites for hydroxylation is 1. The van der Waals surface area contributed by atoms with Gasteiger partial charge >= 0.3 is 0 Å². The van der Waals surface area contributed by atoms with Gasteiger partial charge in [-0.25, -0.2) is 19.9 Å². The SMILES string of the molecule is Cc1cn2cc(-c3ncc4nc(N(C)C5CC6CCC(C5)N6)sc4n3)cc(C#N)c2n1. The summed E-state index contributed by atoms with van der Waals surface area (Å²) >= 11 is 1.61. The molecule has 0 aromatic carbocycles. The van der Waals surface area contributed by atoms with Gasteiger partial charge in [-0.15, -0.1) is 0 Å². The van der Waals surface area contributed by atoms with Gasteiger partial charge < -0.3 is 14.6 Å². The third-order valence-corrected chi connectivity index (χ3v) is 7.54. The quantitative estimate of drug-likeness (QED) is 0.533. The molecule has 156 valence electrons. The summed E-state index contributed by atoms with van der Waals surface area (Å²) in [7, 11) is 2.15. The Morgan fingerprint density at radius 2 is 2.00 bits per heavy atom. The van der Waals surface area contributed by atoms with E-state index in [0.717, 1.165) is 26.7 Å². The van der Waals surface area contributed by atoms with Crippen LogP contribution in [0.5, 0.6) is 0 Å². The van der Waals surface area contributed by atoms with Crippen LogP contribution < -0.4 is 10.2 Å². The fraction of sp³-hybridized carbons (Fsp3) is 0.409.